The van der Waals surface area contributed by atoms with Crippen molar-refractivity contribution in [2.75, 3.05) is 18.5 Å². The zero-order chi connectivity index (χ0) is 23.2. The first-order valence-electron chi connectivity index (χ1n) is 12.0. The van der Waals surface area contributed by atoms with Gasteiger partial charge >= 0.3 is 0 Å². The van der Waals surface area contributed by atoms with Gasteiger partial charge in [0.2, 0.25) is 0 Å². The highest BCUT2D eigenvalue weighted by Gasteiger charge is 2.16. The maximum Gasteiger partial charge on any atom is 0.133 e. The zero-order valence-electron chi connectivity index (χ0n) is 20.1. The van der Waals surface area contributed by atoms with Crippen LogP contribution in [0.1, 0.15) is 43.2 Å². The zero-order valence-corrected chi connectivity index (χ0v) is 20.1. The molecule has 4 nitrogen and oxygen atoms in total. The molecule has 33 heavy (non-hydrogen) atoms. The third-order valence-electron chi connectivity index (χ3n) is 6.19. The Balaban J connectivity index is 1.63. The van der Waals surface area contributed by atoms with Gasteiger partial charge < -0.3 is 10.1 Å². The molecular weight excluding hydrogens is 406 g/mol. The van der Waals surface area contributed by atoms with Crippen molar-refractivity contribution in [1.29, 1.82) is 0 Å². The van der Waals surface area contributed by atoms with E-state index in [1.54, 1.807) is 0 Å². The number of anilines is 1. The molecule has 4 rings (SSSR count). The Morgan fingerprint density at radius 1 is 0.909 bits per heavy atom. The second-order valence-corrected chi connectivity index (χ2v) is 8.22. The smallest absolute Gasteiger partial charge is 0.133 e. The summed E-state index contributed by atoms with van der Waals surface area (Å²) in [6.07, 6.45) is 4.64. The van der Waals surface area contributed by atoms with Gasteiger partial charge in [0.1, 0.15) is 11.6 Å². The van der Waals surface area contributed by atoms with Crippen molar-refractivity contribution in [1.82, 2.24) is 9.97 Å². The van der Waals surface area contributed by atoms with Crippen molar-refractivity contribution in [2.45, 2.75) is 47.0 Å². The lowest BCUT2D eigenvalue weighted by molar-refractivity contribution is 0.336. The molecule has 0 amide bonds. The molecule has 1 N–H and O–H groups in total. The van der Waals surface area contributed by atoms with E-state index in [9.17, 15) is 0 Å². The second-order valence-electron chi connectivity index (χ2n) is 8.22. The van der Waals surface area contributed by atoms with Gasteiger partial charge in [-0.3, -0.25) is 4.98 Å². The predicted octanol–water partition coefficient (Wildman–Crippen LogP) is 6.78. The molecule has 2 aromatic heterocycles. The second kappa shape index (κ2) is 10.5. The van der Waals surface area contributed by atoms with E-state index in [0.29, 0.717) is 6.61 Å². The maximum absolute atomic E-state index is 6.12. The summed E-state index contributed by atoms with van der Waals surface area (Å²) in [6, 6.07) is 19.1. The summed E-state index contributed by atoms with van der Waals surface area (Å²) in [6.45, 7) is 9.93. The first-order chi connectivity index (χ1) is 16.2. The highest BCUT2D eigenvalue weighted by Crippen LogP contribution is 2.33. The summed E-state index contributed by atoms with van der Waals surface area (Å²) in [5.74, 6) is 1.85. The van der Waals surface area contributed by atoms with E-state index in [2.05, 4.69) is 73.5 Å². The number of hydrogen-bond acceptors (Lipinski definition) is 4. The van der Waals surface area contributed by atoms with Crippen LogP contribution in [-0.4, -0.2) is 23.1 Å². The van der Waals surface area contributed by atoms with Gasteiger partial charge in [0.05, 0.1) is 12.3 Å². The Kier molecular flexibility index (Phi) is 7.23. The Labute approximate surface area is 197 Å². The first-order valence-corrected chi connectivity index (χ1v) is 12.0. The van der Waals surface area contributed by atoms with Gasteiger partial charge in [0.15, 0.2) is 0 Å². The van der Waals surface area contributed by atoms with E-state index < -0.39 is 0 Å². The van der Waals surface area contributed by atoms with Gasteiger partial charge in [-0.25, -0.2) is 4.98 Å². The molecule has 0 spiro atoms. The lowest BCUT2D eigenvalue weighted by Crippen LogP contribution is -2.10. The molecule has 0 aliphatic heterocycles. The van der Waals surface area contributed by atoms with Crippen LogP contribution < -0.4 is 10.1 Å². The molecule has 0 aliphatic carbocycles. The summed E-state index contributed by atoms with van der Waals surface area (Å²) in [5, 5.41) is 5.85. The Morgan fingerprint density at radius 2 is 1.67 bits per heavy atom. The van der Waals surface area contributed by atoms with Crippen LogP contribution in [0.5, 0.6) is 5.75 Å². The number of hydrogen-bond donors (Lipinski definition) is 1. The number of aromatic nitrogens is 2. The topological polar surface area (TPSA) is 47.0 Å². The van der Waals surface area contributed by atoms with E-state index in [0.717, 1.165) is 59.7 Å². The van der Waals surface area contributed by atoms with Crippen molar-refractivity contribution in [3.63, 3.8) is 0 Å². The Hall–Kier alpha value is -3.40. The van der Waals surface area contributed by atoms with Crippen LogP contribution in [0.3, 0.4) is 0 Å². The van der Waals surface area contributed by atoms with Crippen LogP contribution in [0, 0.1) is 6.92 Å². The summed E-state index contributed by atoms with van der Waals surface area (Å²) < 4.78 is 6.12. The van der Waals surface area contributed by atoms with Gasteiger partial charge in [-0.2, -0.15) is 0 Å². The summed E-state index contributed by atoms with van der Waals surface area (Å²) in [5.41, 5.74) is 7.12. The molecular formula is C29H33N3O. The number of nitrogens with one attached hydrogen (secondary N) is 1. The molecule has 0 saturated carbocycles. The minimum absolute atomic E-state index is 0.629. The number of aryl methyl sites for hydroxylation is 3. The quantitative estimate of drug-likeness (QED) is 0.312. The fourth-order valence-corrected chi connectivity index (χ4v) is 4.52. The molecule has 0 bridgehead atoms. The molecule has 0 unspecified atom stereocenters. The number of ether oxygens (including phenoxy) is 1. The number of pyridine rings is 2. The van der Waals surface area contributed by atoms with E-state index >= 15 is 0 Å². The van der Waals surface area contributed by atoms with Crippen molar-refractivity contribution >= 4 is 16.6 Å². The summed E-state index contributed by atoms with van der Waals surface area (Å²) >= 11 is 0. The highest BCUT2D eigenvalue weighted by atomic mass is 16.5. The average Bonchev–Trinajstić information content (AvgIpc) is 2.85. The summed E-state index contributed by atoms with van der Waals surface area (Å²) in [7, 11) is 0. The number of benzene rings is 2. The van der Waals surface area contributed by atoms with Gasteiger partial charge in [0.25, 0.3) is 0 Å². The van der Waals surface area contributed by atoms with Crippen LogP contribution in [0.15, 0.2) is 60.8 Å². The fourth-order valence-electron chi connectivity index (χ4n) is 4.52. The van der Waals surface area contributed by atoms with E-state index in [-0.39, 0.29) is 0 Å². The SMILES string of the molecule is CCOc1cc(-c2c(CC)cccc2CC)nc(C)c1CCNc1nccc2ccccc12. The highest BCUT2D eigenvalue weighted by molar-refractivity contribution is 5.91. The number of nitrogens with zero attached hydrogens (tertiary/aromatic N) is 2. The molecule has 0 saturated heterocycles. The largest absolute Gasteiger partial charge is 0.493 e. The Bertz CT molecular complexity index is 1220. The lowest BCUT2D eigenvalue weighted by Gasteiger charge is -2.18. The first kappa shape index (κ1) is 22.8. The van der Waals surface area contributed by atoms with E-state index in [4.69, 9.17) is 9.72 Å². The van der Waals surface area contributed by atoms with Crippen LogP contribution in [0.4, 0.5) is 5.82 Å². The maximum atomic E-state index is 6.12. The van der Waals surface area contributed by atoms with Crippen LogP contribution in [0.25, 0.3) is 22.0 Å². The van der Waals surface area contributed by atoms with Crippen LogP contribution in [-0.2, 0) is 19.3 Å². The van der Waals surface area contributed by atoms with Crippen LogP contribution in [0.2, 0.25) is 0 Å². The van der Waals surface area contributed by atoms with Crippen LogP contribution >= 0.6 is 0 Å². The Morgan fingerprint density at radius 3 is 2.39 bits per heavy atom. The molecule has 170 valence electrons. The summed E-state index contributed by atoms with van der Waals surface area (Å²) in [4.78, 5) is 9.61. The fraction of sp³-hybridized carbons (Fsp3) is 0.310. The molecule has 0 atom stereocenters. The number of fused-ring (bicyclic) bond motifs is 1. The average molecular weight is 440 g/mol. The minimum Gasteiger partial charge on any atom is -0.493 e. The molecule has 4 heteroatoms. The predicted molar refractivity (Wildman–Crippen MR) is 138 cm³/mol. The monoisotopic (exact) mass is 439 g/mol. The molecule has 0 fully saturated rings. The van der Waals surface area contributed by atoms with Gasteiger partial charge in [0, 0.05) is 41.0 Å². The molecule has 4 aromatic rings. The van der Waals surface area contributed by atoms with Gasteiger partial charge in [-0.1, -0.05) is 56.3 Å². The third-order valence-corrected chi connectivity index (χ3v) is 6.19. The molecule has 2 aromatic carbocycles. The minimum atomic E-state index is 0.629. The molecule has 0 radical (unpaired) electrons. The van der Waals surface area contributed by atoms with E-state index in [1.165, 1.54) is 22.1 Å². The standard InChI is InChI=1S/C29H33N3O/c1-5-21-12-10-13-22(6-2)28(21)26-19-27(33-7-3)24(20(4)32-26)16-18-31-29-25-14-9-8-11-23(25)15-17-30-29/h8-15,17,19H,5-7,16,18H2,1-4H3,(H,30,31). The number of rotatable bonds is 9. The normalized spacial score (nSPS) is 11.0. The van der Waals surface area contributed by atoms with Gasteiger partial charge in [-0.05, 0) is 55.7 Å². The third kappa shape index (κ3) is 4.85. The molecule has 0 aliphatic rings. The van der Waals surface area contributed by atoms with Crippen molar-refractivity contribution in [2.24, 2.45) is 0 Å². The van der Waals surface area contributed by atoms with Gasteiger partial charge in [-0.15, -0.1) is 0 Å². The molecule has 2 heterocycles. The van der Waals surface area contributed by atoms with Crippen molar-refractivity contribution < 1.29 is 4.74 Å². The van der Waals surface area contributed by atoms with Crippen molar-refractivity contribution in [3.05, 3.63) is 83.2 Å². The van der Waals surface area contributed by atoms with Crippen molar-refractivity contribution in [3.8, 4) is 17.0 Å². The van der Waals surface area contributed by atoms with E-state index in [1.807, 2.05) is 25.3 Å². The lowest BCUT2D eigenvalue weighted by atomic mass is 9.94.